The fourth-order valence-electron chi connectivity index (χ4n) is 1.74. The van der Waals surface area contributed by atoms with E-state index < -0.39 is 0 Å². The fraction of sp³-hybridized carbons (Fsp3) is 0.385. The SMILES string of the molecule is CCCNc1ncccc1Cn1c(C)csc1=O. The number of hydrogen-bond acceptors (Lipinski definition) is 4. The van der Waals surface area contributed by atoms with Crippen LogP contribution < -0.4 is 10.2 Å². The predicted octanol–water partition coefficient (Wildman–Crippen LogP) is 2.48. The van der Waals surface area contributed by atoms with E-state index in [1.54, 1.807) is 10.8 Å². The lowest BCUT2D eigenvalue weighted by atomic mass is 10.2. The van der Waals surface area contributed by atoms with Gasteiger partial charge in [-0.3, -0.25) is 9.36 Å². The van der Waals surface area contributed by atoms with Crippen molar-refractivity contribution in [3.8, 4) is 0 Å². The molecule has 0 spiro atoms. The Morgan fingerprint density at radius 1 is 1.50 bits per heavy atom. The van der Waals surface area contributed by atoms with Gasteiger partial charge in [0.05, 0.1) is 6.54 Å². The van der Waals surface area contributed by atoms with Gasteiger partial charge < -0.3 is 5.32 Å². The molecule has 2 aromatic heterocycles. The van der Waals surface area contributed by atoms with Crippen LogP contribution in [0, 0.1) is 6.92 Å². The summed E-state index contributed by atoms with van der Waals surface area (Å²) in [6.45, 7) is 5.53. The number of pyridine rings is 1. The van der Waals surface area contributed by atoms with Crippen molar-refractivity contribution in [2.45, 2.75) is 26.8 Å². The van der Waals surface area contributed by atoms with E-state index in [0.29, 0.717) is 6.54 Å². The first kappa shape index (κ1) is 12.8. The van der Waals surface area contributed by atoms with Crippen molar-refractivity contribution in [2.75, 3.05) is 11.9 Å². The zero-order valence-electron chi connectivity index (χ0n) is 10.6. The van der Waals surface area contributed by atoms with Gasteiger partial charge in [0.15, 0.2) is 0 Å². The molecule has 18 heavy (non-hydrogen) atoms. The number of aromatic nitrogens is 2. The Bertz CT molecular complexity index is 574. The Balaban J connectivity index is 2.26. The van der Waals surface area contributed by atoms with E-state index in [1.807, 2.05) is 24.4 Å². The first-order chi connectivity index (χ1) is 8.72. The van der Waals surface area contributed by atoms with Gasteiger partial charge in [0.1, 0.15) is 5.82 Å². The average Bonchev–Trinajstić information content (AvgIpc) is 2.69. The van der Waals surface area contributed by atoms with E-state index in [-0.39, 0.29) is 4.87 Å². The standard InChI is InChI=1S/C13H17N3OS/c1-3-6-14-12-11(5-4-7-15-12)8-16-10(2)9-18-13(16)17/h4-5,7,9H,3,6,8H2,1-2H3,(H,14,15). The molecule has 0 atom stereocenters. The topological polar surface area (TPSA) is 46.9 Å². The maximum atomic E-state index is 11.7. The third kappa shape index (κ3) is 2.79. The zero-order chi connectivity index (χ0) is 13.0. The minimum absolute atomic E-state index is 0.0813. The van der Waals surface area contributed by atoms with Gasteiger partial charge in [-0.05, 0) is 19.4 Å². The van der Waals surface area contributed by atoms with Gasteiger partial charge in [0.2, 0.25) is 0 Å². The van der Waals surface area contributed by atoms with Crippen LogP contribution in [0.15, 0.2) is 28.5 Å². The van der Waals surface area contributed by atoms with Crippen LogP contribution >= 0.6 is 11.3 Å². The molecular formula is C13H17N3OS. The molecule has 0 radical (unpaired) electrons. The first-order valence-electron chi connectivity index (χ1n) is 6.05. The van der Waals surface area contributed by atoms with E-state index in [1.165, 1.54) is 11.3 Å². The van der Waals surface area contributed by atoms with Gasteiger partial charge >= 0.3 is 4.87 Å². The maximum Gasteiger partial charge on any atom is 0.307 e. The molecule has 1 N–H and O–H groups in total. The van der Waals surface area contributed by atoms with E-state index in [4.69, 9.17) is 0 Å². The van der Waals surface area contributed by atoms with Crippen LogP contribution in [0.4, 0.5) is 5.82 Å². The van der Waals surface area contributed by atoms with Crippen LogP contribution in [0.1, 0.15) is 24.6 Å². The smallest absolute Gasteiger partial charge is 0.307 e. The summed E-state index contributed by atoms with van der Waals surface area (Å²) in [5.41, 5.74) is 2.05. The van der Waals surface area contributed by atoms with Crippen LogP contribution in [0.2, 0.25) is 0 Å². The highest BCUT2D eigenvalue weighted by molar-refractivity contribution is 7.07. The van der Waals surface area contributed by atoms with Crippen molar-refractivity contribution in [3.63, 3.8) is 0 Å². The van der Waals surface area contributed by atoms with Crippen LogP contribution in [0.3, 0.4) is 0 Å². The van der Waals surface area contributed by atoms with Gasteiger partial charge in [0.25, 0.3) is 0 Å². The summed E-state index contributed by atoms with van der Waals surface area (Å²) in [5.74, 6) is 0.872. The molecule has 4 nitrogen and oxygen atoms in total. The van der Waals surface area contributed by atoms with E-state index in [2.05, 4.69) is 17.2 Å². The third-order valence-electron chi connectivity index (χ3n) is 2.74. The minimum atomic E-state index is 0.0813. The fourth-order valence-corrected chi connectivity index (χ4v) is 2.47. The molecule has 2 heterocycles. The van der Waals surface area contributed by atoms with Crippen molar-refractivity contribution in [1.29, 1.82) is 0 Å². The molecule has 0 bridgehead atoms. The molecule has 0 aromatic carbocycles. The van der Waals surface area contributed by atoms with Crippen LogP contribution in [-0.4, -0.2) is 16.1 Å². The molecule has 0 aliphatic rings. The van der Waals surface area contributed by atoms with Gasteiger partial charge in [-0.1, -0.05) is 24.3 Å². The van der Waals surface area contributed by atoms with E-state index >= 15 is 0 Å². The van der Waals surface area contributed by atoms with Gasteiger partial charge in [-0.2, -0.15) is 0 Å². The predicted molar refractivity (Wildman–Crippen MR) is 75.4 cm³/mol. The lowest BCUT2D eigenvalue weighted by molar-refractivity contribution is 0.752. The highest BCUT2D eigenvalue weighted by Crippen LogP contribution is 2.14. The summed E-state index contributed by atoms with van der Waals surface area (Å²) >= 11 is 1.24. The van der Waals surface area contributed by atoms with Crippen molar-refractivity contribution < 1.29 is 0 Å². The molecule has 0 unspecified atom stereocenters. The Kier molecular flexibility index (Phi) is 4.15. The van der Waals surface area contributed by atoms with Gasteiger partial charge in [0, 0.05) is 29.4 Å². The minimum Gasteiger partial charge on any atom is -0.370 e. The van der Waals surface area contributed by atoms with E-state index in [0.717, 1.165) is 30.0 Å². The van der Waals surface area contributed by atoms with Crippen LogP contribution in [0.25, 0.3) is 0 Å². The molecule has 0 amide bonds. The van der Waals surface area contributed by atoms with Gasteiger partial charge in [-0.15, -0.1) is 0 Å². The Morgan fingerprint density at radius 3 is 3.00 bits per heavy atom. The molecule has 96 valence electrons. The lowest BCUT2D eigenvalue weighted by Crippen LogP contribution is -2.17. The quantitative estimate of drug-likeness (QED) is 0.901. The summed E-state index contributed by atoms with van der Waals surface area (Å²) < 4.78 is 1.78. The number of nitrogens with one attached hydrogen (secondary N) is 1. The number of hydrogen-bond donors (Lipinski definition) is 1. The van der Waals surface area contributed by atoms with Crippen molar-refractivity contribution >= 4 is 17.2 Å². The summed E-state index contributed by atoms with van der Waals surface area (Å²) in [6, 6.07) is 3.91. The second-order valence-corrected chi connectivity index (χ2v) is 4.99. The molecular weight excluding hydrogens is 246 g/mol. The summed E-state index contributed by atoms with van der Waals surface area (Å²) in [7, 11) is 0. The highest BCUT2D eigenvalue weighted by Gasteiger charge is 2.07. The second-order valence-electron chi connectivity index (χ2n) is 4.17. The molecule has 5 heteroatoms. The molecule has 0 saturated heterocycles. The largest absolute Gasteiger partial charge is 0.370 e. The van der Waals surface area contributed by atoms with Crippen molar-refractivity contribution in [2.24, 2.45) is 0 Å². The highest BCUT2D eigenvalue weighted by atomic mass is 32.1. The second kappa shape index (κ2) is 5.82. The average molecular weight is 263 g/mol. The Morgan fingerprint density at radius 2 is 2.33 bits per heavy atom. The maximum absolute atomic E-state index is 11.7. The molecule has 0 aliphatic heterocycles. The monoisotopic (exact) mass is 263 g/mol. The zero-order valence-corrected chi connectivity index (χ0v) is 11.5. The number of thiazole rings is 1. The van der Waals surface area contributed by atoms with Crippen LogP contribution in [-0.2, 0) is 6.54 Å². The number of nitrogens with zero attached hydrogens (tertiary/aromatic N) is 2. The molecule has 0 saturated carbocycles. The van der Waals surface area contributed by atoms with Crippen LogP contribution in [0.5, 0.6) is 0 Å². The molecule has 0 aliphatic carbocycles. The molecule has 0 fully saturated rings. The summed E-state index contributed by atoms with van der Waals surface area (Å²) in [4.78, 5) is 16.1. The molecule has 2 rings (SSSR count). The van der Waals surface area contributed by atoms with Crippen molar-refractivity contribution in [1.82, 2.24) is 9.55 Å². The van der Waals surface area contributed by atoms with Gasteiger partial charge in [-0.25, -0.2) is 4.98 Å². The normalized spacial score (nSPS) is 10.6. The number of rotatable bonds is 5. The van der Waals surface area contributed by atoms with E-state index in [9.17, 15) is 4.79 Å². The Labute approximate surface area is 110 Å². The first-order valence-corrected chi connectivity index (χ1v) is 6.93. The Hall–Kier alpha value is -1.62. The van der Waals surface area contributed by atoms with Crippen molar-refractivity contribution in [3.05, 3.63) is 44.6 Å². The summed E-state index contributed by atoms with van der Waals surface area (Å²) in [6.07, 6.45) is 2.82. The molecule has 2 aromatic rings. The number of aryl methyl sites for hydroxylation is 1. The third-order valence-corrected chi connectivity index (χ3v) is 3.62. The lowest BCUT2D eigenvalue weighted by Gasteiger charge is -2.11. The summed E-state index contributed by atoms with van der Waals surface area (Å²) in [5, 5.41) is 5.18. The number of anilines is 1.